The Kier molecular flexibility index (Phi) is 3.54. The molecule has 1 aromatic carbocycles. The molecule has 0 amide bonds. The van der Waals surface area contributed by atoms with Gasteiger partial charge in [-0.25, -0.2) is 4.79 Å². The van der Waals surface area contributed by atoms with Crippen LogP contribution in [0.1, 0.15) is 10.4 Å². The maximum Gasteiger partial charge on any atom is 0.336 e. The highest BCUT2D eigenvalue weighted by Crippen LogP contribution is 2.31. The number of halogens is 1. The maximum atomic E-state index is 11.1. The summed E-state index contributed by atoms with van der Waals surface area (Å²) in [4.78, 5) is 12.7. The first kappa shape index (κ1) is 12.2. The molecule has 1 heterocycles. The lowest BCUT2D eigenvalue weighted by atomic mass is 10.2. The van der Waals surface area contributed by atoms with Gasteiger partial charge in [0.25, 0.3) is 0 Å². The second kappa shape index (κ2) is 4.93. The van der Waals surface area contributed by atoms with Gasteiger partial charge in [0.05, 0.1) is 16.7 Å². The van der Waals surface area contributed by atoms with E-state index in [4.69, 9.17) is 5.11 Å². The Labute approximate surface area is 111 Å². The van der Waals surface area contributed by atoms with Crippen molar-refractivity contribution in [2.24, 2.45) is 7.05 Å². The fourth-order valence-electron chi connectivity index (χ4n) is 1.34. The van der Waals surface area contributed by atoms with Crippen molar-refractivity contribution in [1.82, 2.24) is 9.78 Å². The lowest BCUT2D eigenvalue weighted by Crippen LogP contribution is -1.98. The number of nitrogens with zero attached hydrogens (tertiary/aromatic N) is 2. The molecule has 0 saturated carbocycles. The second-order valence-electron chi connectivity index (χ2n) is 3.40. The molecule has 0 aliphatic rings. The van der Waals surface area contributed by atoms with E-state index in [-0.39, 0.29) is 5.56 Å². The van der Waals surface area contributed by atoms with Crippen LogP contribution < -0.4 is 0 Å². The Morgan fingerprint density at radius 2 is 2.29 bits per heavy atom. The lowest BCUT2D eigenvalue weighted by molar-refractivity contribution is 0.0693. The van der Waals surface area contributed by atoms with Crippen molar-refractivity contribution >= 4 is 33.7 Å². The van der Waals surface area contributed by atoms with Crippen molar-refractivity contribution in [2.45, 2.75) is 9.79 Å². The summed E-state index contributed by atoms with van der Waals surface area (Å²) in [5.74, 6) is -0.933. The standard InChI is InChI=1S/C11H9BrN2O2S/c1-14-6-8(5-13-14)17-10-3-2-7(12)4-9(10)11(15)16/h2-6H,1H3,(H,15,16). The van der Waals surface area contributed by atoms with Gasteiger partial charge in [-0.3, -0.25) is 4.68 Å². The Hall–Kier alpha value is -1.27. The van der Waals surface area contributed by atoms with Crippen molar-refractivity contribution < 1.29 is 9.90 Å². The highest BCUT2D eigenvalue weighted by molar-refractivity contribution is 9.10. The first-order valence-electron chi connectivity index (χ1n) is 4.75. The molecule has 0 unspecified atom stereocenters. The Bertz CT molecular complexity index is 568. The van der Waals surface area contributed by atoms with Crippen LogP contribution in [0.4, 0.5) is 0 Å². The van der Waals surface area contributed by atoms with Gasteiger partial charge in [0.1, 0.15) is 0 Å². The number of carboxylic acid groups (broad SMARTS) is 1. The average molecular weight is 313 g/mol. The predicted octanol–water partition coefficient (Wildman–Crippen LogP) is 3.03. The van der Waals surface area contributed by atoms with Crippen LogP contribution in [0.2, 0.25) is 0 Å². The van der Waals surface area contributed by atoms with Crippen molar-refractivity contribution in [3.63, 3.8) is 0 Å². The molecule has 88 valence electrons. The first-order valence-corrected chi connectivity index (χ1v) is 6.36. The molecule has 0 spiro atoms. The highest BCUT2D eigenvalue weighted by atomic mass is 79.9. The molecule has 0 aliphatic heterocycles. The maximum absolute atomic E-state index is 11.1. The number of hydrogen-bond acceptors (Lipinski definition) is 3. The van der Waals surface area contributed by atoms with Gasteiger partial charge in [0.15, 0.2) is 0 Å². The molecule has 2 aromatic rings. The monoisotopic (exact) mass is 312 g/mol. The fraction of sp³-hybridized carbons (Fsp3) is 0.0909. The zero-order chi connectivity index (χ0) is 12.4. The topological polar surface area (TPSA) is 55.1 Å². The normalized spacial score (nSPS) is 10.5. The van der Waals surface area contributed by atoms with Gasteiger partial charge in [0.2, 0.25) is 0 Å². The van der Waals surface area contributed by atoms with E-state index in [2.05, 4.69) is 21.0 Å². The number of hydrogen-bond donors (Lipinski definition) is 1. The lowest BCUT2D eigenvalue weighted by Gasteiger charge is -2.04. The van der Waals surface area contributed by atoms with Gasteiger partial charge in [-0.15, -0.1) is 0 Å². The van der Waals surface area contributed by atoms with E-state index < -0.39 is 5.97 Å². The third-order valence-electron chi connectivity index (χ3n) is 2.08. The number of benzene rings is 1. The van der Waals surface area contributed by atoms with Crippen molar-refractivity contribution in [1.29, 1.82) is 0 Å². The molecule has 2 rings (SSSR count). The molecule has 0 atom stereocenters. The Morgan fingerprint density at radius 3 is 2.88 bits per heavy atom. The largest absolute Gasteiger partial charge is 0.478 e. The predicted molar refractivity (Wildman–Crippen MR) is 68.4 cm³/mol. The number of carbonyl (C=O) groups is 1. The molecule has 4 nitrogen and oxygen atoms in total. The smallest absolute Gasteiger partial charge is 0.336 e. The highest BCUT2D eigenvalue weighted by Gasteiger charge is 2.12. The molecule has 0 saturated heterocycles. The molecule has 0 bridgehead atoms. The summed E-state index contributed by atoms with van der Waals surface area (Å²) in [6, 6.07) is 5.21. The van der Waals surface area contributed by atoms with Crippen LogP contribution in [0.15, 0.2) is 44.9 Å². The molecule has 0 radical (unpaired) electrons. The van der Waals surface area contributed by atoms with E-state index in [9.17, 15) is 4.79 Å². The van der Waals surface area contributed by atoms with Crippen LogP contribution in [-0.2, 0) is 7.05 Å². The molecule has 17 heavy (non-hydrogen) atoms. The third kappa shape index (κ3) is 2.89. The summed E-state index contributed by atoms with van der Waals surface area (Å²) in [6.45, 7) is 0. The Balaban J connectivity index is 2.35. The minimum atomic E-state index is -0.933. The fourth-order valence-corrected chi connectivity index (χ4v) is 2.65. The number of aromatic nitrogens is 2. The summed E-state index contributed by atoms with van der Waals surface area (Å²) in [6.07, 6.45) is 3.55. The minimum Gasteiger partial charge on any atom is -0.478 e. The molecular weight excluding hydrogens is 304 g/mol. The van der Waals surface area contributed by atoms with Gasteiger partial charge in [-0.2, -0.15) is 5.10 Å². The van der Waals surface area contributed by atoms with Crippen LogP contribution in [0.5, 0.6) is 0 Å². The van der Waals surface area contributed by atoms with Crippen LogP contribution in [0, 0.1) is 0 Å². The average Bonchev–Trinajstić information content (AvgIpc) is 2.66. The number of rotatable bonds is 3. The van der Waals surface area contributed by atoms with E-state index in [0.717, 1.165) is 9.37 Å². The Morgan fingerprint density at radius 1 is 1.53 bits per heavy atom. The van der Waals surface area contributed by atoms with Crippen LogP contribution in [-0.4, -0.2) is 20.9 Å². The van der Waals surface area contributed by atoms with E-state index in [1.165, 1.54) is 11.8 Å². The second-order valence-corrected chi connectivity index (χ2v) is 5.43. The van der Waals surface area contributed by atoms with E-state index in [1.807, 2.05) is 19.3 Å². The van der Waals surface area contributed by atoms with Gasteiger partial charge in [-0.1, -0.05) is 27.7 Å². The van der Waals surface area contributed by atoms with Crippen LogP contribution in [0.25, 0.3) is 0 Å². The van der Waals surface area contributed by atoms with Gasteiger partial charge >= 0.3 is 5.97 Å². The van der Waals surface area contributed by atoms with Crippen molar-refractivity contribution in [2.75, 3.05) is 0 Å². The molecule has 0 fully saturated rings. The van der Waals surface area contributed by atoms with Crippen molar-refractivity contribution in [3.8, 4) is 0 Å². The first-order chi connectivity index (χ1) is 8.06. The van der Waals surface area contributed by atoms with Gasteiger partial charge in [-0.05, 0) is 18.2 Å². The number of aryl methyl sites for hydroxylation is 1. The molecular formula is C11H9BrN2O2S. The minimum absolute atomic E-state index is 0.285. The van der Waals surface area contributed by atoms with Gasteiger partial charge in [0, 0.05) is 22.6 Å². The number of aromatic carboxylic acids is 1. The van der Waals surface area contributed by atoms with Crippen molar-refractivity contribution in [3.05, 3.63) is 40.6 Å². The van der Waals surface area contributed by atoms with E-state index in [1.54, 1.807) is 23.0 Å². The van der Waals surface area contributed by atoms with E-state index in [0.29, 0.717) is 4.90 Å². The molecule has 1 aromatic heterocycles. The summed E-state index contributed by atoms with van der Waals surface area (Å²) in [7, 11) is 1.82. The number of carboxylic acids is 1. The summed E-state index contributed by atoms with van der Waals surface area (Å²) < 4.78 is 2.44. The molecule has 1 N–H and O–H groups in total. The zero-order valence-electron chi connectivity index (χ0n) is 8.92. The molecule has 6 heteroatoms. The van der Waals surface area contributed by atoms with Crippen LogP contribution in [0.3, 0.4) is 0 Å². The quantitative estimate of drug-likeness (QED) is 0.946. The summed E-state index contributed by atoms with van der Waals surface area (Å²) in [5, 5.41) is 13.2. The van der Waals surface area contributed by atoms with Crippen LogP contribution >= 0.6 is 27.7 Å². The van der Waals surface area contributed by atoms with E-state index >= 15 is 0 Å². The van der Waals surface area contributed by atoms with Gasteiger partial charge < -0.3 is 5.11 Å². The zero-order valence-corrected chi connectivity index (χ0v) is 11.3. The summed E-state index contributed by atoms with van der Waals surface area (Å²) in [5.41, 5.74) is 0.285. The molecule has 0 aliphatic carbocycles. The third-order valence-corrected chi connectivity index (χ3v) is 3.60. The summed E-state index contributed by atoms with van der Waals surface area (Å²) >= 11 is 4.65. The SMILES string of the molecule is Cn1cc(Sc2ccc(Br)cc2C(=O)O)cn1.